The zero-order chi connectivity index (χ0) is 11.6. The molecular weight excluding hydrogens is 206 g/mol. The van der Waals surface area contributed by atoms with Gasteiger partial charge in [0.2, 0.25) is 0 Å². The molecule has 16 heavy (non-hydrogen) atoms. The van der Waals surface area contributed by atoms with Gasteiger partial charge in [-0.25, -0.2) is 5.48 Å². The third kappa shape index (κ3) is 5.11. The van der Waals surface area contributed by atoms with Gasteiger partial charge in [-0.2, -0.15) is 0 Å². The van der Waals surface area contributed by atoms with Gasteiger partial charge in [0.1, 0.15) is 5.75 Å². The van der Waals surface area contributed by atoms with Crippen molar-refractivity contribution in [3.63, 3.8) is 0 Å². The summed E-state index contributed by atoms with van der Waals surface area (Å²) in [7, 11) is 3.32. The Morgan fingerprint density at radius 3 is 2.44 bits per heavy atom. The number of hydrogen-bond donors (Lipinski definition) is 1. The zero-order valence-electron chi connectivity index (χ0n) is 9.86. The van der Waals surface area contributed by atoms with Crippen molar-refractivity contribution in [2.75, 3.05) is 34.0 Å². The molecule has 1 N–H and O–H groups in total. The van der Waals surface area contributed by atoms with Crippen LogP contribution in [0.4, 0.5) is 0 Å². The number of hydroxylamine groups is 1. The lowest BCUT2D eigenvalue weighted by Gasteiger charge is -2.06. The minimum Gasteiger partial charge on any atom is -0.497 e. The fourth-order valence-electron chi connectivity index (χ4n) is 1.26. The first-order valence-corrected chi connectivity index (χ1v) is 5.33. The summed E-state index contributed by atoms with van der Waals surface area (Å²) >= 11 is 0. The Hall–Kier alpha value is -1.10. The molecule has 0 saturated heterocycles. The van der Waals surface area contributed by atoms with E-state index in [1.54, 1.807) is 14.2 Å². The maximum Gasteiger partial charge on any atom is 0.118 e. The third-order valence-electron chi connectivity index (χ3n) is 2.17. The Bertz CT molecular complexity index is 274. The molecule has 0 aliphatic rings. The molecule has 1 aromatic carbocycles. The summed E-state index contributed by atoms with van der Waals surface area (Å²) in [5, 5.41) is 0. The Labute approximate surface area is 96.5 Å². The molecule has 0 heterocycles. The minimum atomic E-state index is 0.569. The van der Waals surface area contributed by atoms with E-state index in [9.17, 15) is 0 Å². The highest BCUT2D eigenvalue weighted by Gasteiger charge is 1.94. The molecular formula is C12H19NO3. The van der Waals surface area contributed by atoms with E-state index in [2.05, 4.69) is 17.6 Å². The first-order chi connectivity index (χ1) is 7.86. The van der Waals surface area contributed by atoms with E-state index in [0.29, 0.717) is 13.2 Å². The summed E-state index contributed by atoms with van der Waals surface area (Å²) in [5.41, 5.74) is 4.14. The molecule has 0 amide bonds. The molecule has 90 valence electrons. The number of methoxy groups -OCH3 is 2. The highest BCUT2D eigenvalue weighted by Crippen LogP contribution is 2.11. The topological polar surface area (TPSA) is 39.7 Å². The Kier molecular flexibility index (Phi) is 6.56. The lowest BCUT2D eigenvalue weighted by molar-refractivity contribution is 0.00759. The SMILES string of the molecule is COCCONCCc1ccc(OC)cc1. The van der Waals surface area contributed by atoms with Crippen molar-refractivity contribution >= 4 is 0 Å². The summed E-state index contributed by atoms with van der Waals surface area (Å²) in [6.45, 7) is 1.96. The van der Waals surface area contributed by atoms with Crippen molar-refractivity contribution in [2.45, 2.75) is 6.42 Å². The van der Waals surface area contributed by atoms with Gasteiger partial charge in [-0.15, -0.1) is 0 Å². The predicted molar refractivity (Wildman–Crippen MR) is 62.5 cm³/mol. The average molecular weight is 225 g/mol. The Morgan fingerprint density at radius 1 is 1.06 bits per heavy atom. The molecule has 0 unspecified atom stereocenters. The second-order valence-corrected chi connectivity index (χ2v) is 3.33. The summed E-state index contributed by atoms with van der Waals surface area (Å²) in [6.07, 6.45) is 0.928. The largest absolute Gasteiger partial charge is 0.497 e. The molecule has 0 fully saturated rings. The Balaban J connectivity index is 2.12. The van der Waals surface area contributed by atoms with Crippen molar-refractivity contribution < 1.29 is 14.3 Å². The van der Waals surface area contributed by atoms with Gasteiger partial charge in [0.05, 0.1) is 20.3 Å². The molecule has 1 aromatic rings. The highest BCUT2D eigenvalue weighted by atomic mass is 16.7. The van der Waals surface area contributed by atoms with Crippen molar-refractivity contribution in [2.24, 2.45) is 0 Å². The zero-order valence-corrected chi connectivity index (χ0v) is 9.86. The molecule has 0 spiro atoms. The molecule has 4 nitrogen and oxygen atoms in total. The van der Waals surface area contributed by atoms with Crippen LogP contribution < -0.4 is 10.2 Å². The molecule has 0 aromatic heterocycles. The van der Waals surface area contributed by atoms with E-state index in [1.807, 2.05) is 12.1 Å². The predicted octanol–water partition coefficient (Wildman–Crippen LogP) is 1.41. The van der Waals surface area contributed by atoms with Gasteiger partial charge in [0.25, 0.3) is 0 Å². The van der Waals surface area contributed by atoms with Crippen LogP contribution in [-0.4, -0.2) is 34.0 Å². The van der Waals surface area contributed by atoms with Crippen LogP contribution in [0, 0.1) is 0 Å². The molecule has 1 rings (SSSR count). The summed E-state index contributed by atoms with van der Waals surface area (Å²) in [5.74, 6) is 0.882. The van der Waals surface area contributed by atoms with Crippen LogP contribution in [0.15, 0.2) is 24.3 Å². The van der Waals surface area contributed by atoms with Crippen LogP contribution in [0.2, 0.25) is 0 Å². The van der Waals surface area contributed by atoms with Gasteiger partial charge in [-0.1, -0.05) is 12.1 Å². The van der Waals surface area contributed by atoms with Gasteiger partial charge in [-0.05, 0) is 24.1 Å². The summed E-state index contributed by atoms with van der Waals surface area (Å²) in [6, 6.07) is 8.02. The van der Waals surface area contributed by atoms with E-state index >= 15 is 0 Å². The maximum absolute atomic E-state index is 5.14. The number of nitrogens with one attached hydrogen (secondary N) is 1. The summed E-state index contributed by atoms with van der Waals surface area (Å²) < 4.78 is 9.94. The van der Waals surface area contributed by atoms with E-state index in [0.717, 1.165) is 18.7 Å². The lowest BCUT2D eigenvalue weighted by atomic mass is 10.1. The van der Waals surface area contributed by atoms with Crippen molar-refractivity contribution in [3.8, 4) is 5.75 Å². The first-order valence-electron chi connectivity index (χ1n) is 5.33. The van der Waals surface area contributed by atoms with Crippen LogP contribution in [0.5, 0.6) is 5.75 Å². The van der Waals surface area contributed by atoms with Gasteiger partial charge in [-0.3, -0.25) is 4.84 Å². The fraction of sp³-hybridized carbons (Fsp3) is 0.500. The summed E-state index contributed by atoms with van der Waals surface area (Å²) in [4.78, 5) is 5.14. The smallest absolute Gasteiger partial charge is 0.118 e. The van der Waals surface area contributed by atoms with Crippen molar-refractivity contribution in [3.05, 3.63) is 29.8 Å². The number of ether oxygens (including phenoxy) is 2. The molecule has 0 bridgehead atoms. The molecule has 0 atom stereocenters. The van der Waals surface area contributed by atoms with Gasteiger partial charge >= 0.3 is 0 Å². The second kappa shape index (κ2) is 8.10. The first kappa shape index (κ1) is 13.0. The van der Waals surface area contributed by atoms with Crippen molar-refractivity contribution in [1.82, 2.24) is 5.48 Å². The minimum absolute atomic E-state index is 0.569. The quantitative estimate of drug-likeness (QED) is 0.536. The second-order valence-electron chi connectivity index (χ2n) is 3.33. The van der Waals surface area contributed by atoms with Gasteiger partial charge in [0.15, 0.2) is 0 Å². The molecule has 0 saturated carbocycles. The molecule has 4 heteroatoms. The van der Waals surface area contributed by atoms with Gasteiger partial charge < -0.3 is 9.47 Å². The molecule has 0 aliphatic carbocycles. The highest BCUT2D eigenvalue weighted by molar-refractivity contribution is 5.27. The number of benzene rings is 1. The van der Waals surface area contributed by atoms with Crippen LogP contribution in [-0.2, 0) is 16.0 Å². The number of rotatable bonds is 8. The van der Waals surface area contributed by atoms with Gasteiger partial charge in [0, 0.05) is 13.7 Å². The standard InChI is InChI=1S/C12H19NO3/c1-14-9-10-16-13-8-7-11-3-5-12(15-2)6-4-11/h3-6,13H,7-10H2,1-2H3. The normalized spacial score (nSPS) is 10.4. The van der Waals surface area contributed by atoms with Crippen molar-refractivity contribution in [1.29, 1.82) is 0 Å². The number of hydrogen-bond acceptors (Lipinski definition) is 4. The maximum atomic E-state index is 5.14. The van der Waals surface area contributed by atoms with Crippen LogP contribution >= 0.6 is 0 Å². The van der Waals surface area contributed by atoms with E-state index < -0.39 is 0 Å². The fourth-order valence-corrected chi connectivity index (χ4v) is 1.26. The monoisotopic (exact) mass is 225 g/mol. The van der Waals surface area contributed by atoms with E-state index in [1.165, 1.54) is 5.56 Å². The van der Waals surface area contributed by atoms with Crippen LogP contribution in [0.1, 0.15) is 5.56 Å². The van der Waals surface area contributed by atoms with E-state index in [-0.39, 0.29) is 0 Å². The lowest BCUT2D eigenvalue weighted by Crippen LogP contribution is -2.20. The molecule has 0 radical (unpaired) electrons. The van der Waals surface area contributed by atoms with Crippen LogP contribution in [0.25, 0.3) is 0 Å². The third-order valence-corrected chi connectivity index (χ3v) is 2.17. The molecule has 0 aliphatic heterocycles. The van der Waals surface area contributed by atoms with Crippen LogP contribution in [0.3, 0.4) is 0 Å². The Morgan fingerprint density at radius 2 is 1.81 bits per heavy atom. The average Bonchev–Trinajstić information content (AvgIpc) is 2.34. The van der Waals surface area contributed by atoms with E-state index in [4.69, 9.17) is 14.3 Å².